The summed E-state index contributed by atoms with van der Waals surface area (Å²) in [7, 11) is 1.28. The molecule has 5 aromatic rings. The van der Waals surface area contributed by atoms with Gasteiger partial charge in [-0.25, -0.2) is 9.59 Å². The number of carbonyl (C=O) groups excluding carboxylic acids is 2. The maximum absolute atomic E-state index is 12.6. The molecule has 0 spiro atoms. The van der Waals surface area contributed by atoms with Gasteiger partial charge in [0, 0.05) is 16.9 Å². The molecule has 1 aliphatic heterocycles. The van der Waals surface area contributed by atoms with Gasteiger partial charge in [0.25, 0.3) is 0 Å². The number of carbonyl (C=O) groups is 2. The van der Waals surface area contributed by atoms with Crippen LogP contribution in [0.2, 0.25) is 0 Å². The maximum atomic E-state index is 12.6. The van der Waals surface area contributed by atoms with Crippen molar-refractivity contribution in [1.29, 1.82) is 0 Å². The van der Waals surface area contributed by atoms with Crippen LogP contribution in [0.25, 0.3) is 28.2 Å². The molecule has 51 heavy (non-hydrogen) atoms. The molecular formula is C40H39N5O6. The minimum absolute atomic E-state index is 0.154. The lowest BCUT2D eigenvalue weighted by Crippen LogP contribution is -2.45. The highest BCUT2D eigenvalue weighted by molar-refractivity contribution is 5.95. The Bertz CT molecular complexity index is 2040. The summed E-state index contributed by atoms with van der Waals surface area (Å²) in [5.74, 6) is 0.176. The van der Waals surface area contributed by atoms with Crippen molar-refractivity contribution in [2.24, 2.45) is 5.10 Å². The first-order chi connectivity index (χ1) is 24.9. The molecule has 0 saturated heterocycles. The maximum Gasteiger partial charge on any atom is 0.337 e. The van der Waals surface area contributed by atoms with Gasteiger partial charge in [-0.3, -0.25) is 5.43 Å². The van der Waals surface area contributed by atoms with Crippen LogP contribution in [0.5, 0.6) is 11.5 Å². The first-order valence-corrected chi connectivity index (χ1v) is 16.5. The van der Waals surface area contributed by atoms with Crippen molar-refractivity contribution in [2.45, 2.75) is 26.1 Å². The van der Waals surface area contributed by atoms with Crippen LogP contribution < -0.4 is 25.5 Å². The highest BCUT2D eigenvalue weighted by Gasteiger charge is 2.32. The fraction of sp³-hybridized carbons (Fsp3) is 0.175. The summed E-state index contributed by atoms with van der Waals surface area (Å²) in [6.07, 6.45) is 0.528. The third-order valence-corrected chi connectivity index (χ3v) is 8.26. The van der Waals surface area contributed by atoms with Crippen LogP contribution in [0, 0.1) is 0 Å². The number of allylic oxidation sites excluding steroid dienone is 1. The number of aliphatic hydroxyl groups is 1. The van der Waals surface area contributed by atoms with Gasteiger partial charge in [-0.1, -0.05) is 84.9 Å². The lowest BCUT2D eigenvalue weighted by molar-refractivity contribution is -0.136. The second-order valence-electron chi connectivity index (χ2n) is 11.7. The van der Waals surface area contributed by atoms with Gasteiger partial charge in [0.15, 0.2) is 17.7 Å². The Morgan fingerprint density at radius 2 is 1.59 bits per heavy atom. The quantitative estimate of drug-likeness (QED) is 0.0492. The number of hydrogen-bond acceptors (Lipinski definition) is 8. The van der Waals surface area contributed by atoms with Gasteiger partial charge in [-0.2, -0.15) is 5.10 Å². The molecule has 0 aliphatic carbocycles. The molecule has 1 aliphatic rings. The van der Waals surface area contributed by atoms with Crippen molar-refractivity contribution in [3.63, 3.8) is 0 Å². The molecule has 0 saturated carbocycles. The van der Waals surface area contributed by atoms with Gasteiger partial charge in [0.1, 0.15) is 6.61 Å². The van der Waals surface area contributed by atoms with Crippen LogP contribution in [0.4, 0.5) is 4.79 Å². The number of benzene rings is 4. The standard InChI is InChI=1S/C40H39N5O6/c1-4-50-34-23-29(37-36(39(47)49-3)26(2)42-40(48)43-37)20-21-33(34)51-25-35(46)44-41-24-30-22-32(27-14-8-5-9-15-27)45(31-18-12-7-13-19-31)38(30)28-16-10-6-11-17-28/h5-24,35,37,44,46H,4,25H2,1-3H3,(H2,42,43,48)/b41-24+/t35-,37-/m0/s1. The number of ether oxygens (including phenoxy) is 3. The van der Waals surface area contributed by atoms with Gasteiger partial charge in [0.2, 0.25) is 0 Å². The van der Waals surface area contributed by atoms with E-state index in [9.17, 15) is 14.7 Å². The normalized spacial score (nSPS) is 14.8. The molecule has 0 radical (unpaired) electrons. The molecule has 260 valence electrons. The van der Waals surface area contributed by atoms with E-state index < -0.39 is 24.3 Å². The number of methoxy groups -OCH3 is 1. The molecule has 0 unspecified atom stereocenters. The average Bonchev–Trinajstić information content (AvgIpc) is 3.54. The summed E-state index contributed by atoms with van der Waals surface area (Å²) in [6, 6.07) is 36.4. The van der Waals surface area contributed by atoms with E-state index >= 15 is 0 Å². The first-order valence-electron chi connectivity index (χ1n) is 16.5. The predicted octanol–water partition coefficient (Wildman–Crippen LogP) is 6.33. The number of para-hydroxylation sites is 1. The minimum atomic E-state index is -1.17. The summed E-state index contributed by atoms with van der Waals surface area (Å²) in [5.41, 5.74) is 9.88. The molecule has 4 aromatic carbocycles. The van der Waals surface area contributed by atoms with Crippen molar-refractivity contribution in [1.82, 2.24) is 20.6 Å². The Hall–Kier alpha value is -6.33. The number of aromatic nitrogens is 1. The Kier molecular flexibility index (Phi) is 10.8. The number of urea groups is 1. The minimum Gasteiger partial charge on any atom is -0.490 e. The van der Waals surface area contributed by atoms with Crippen molar-refractivity contribution >= 4 is 18.2 Å². The van der Waals surface area contributed by atoms with Crippen LogP contribution in [0.3, 0.4) is 0 Å². The highest BCUT2D eigenvalue weighted by Crippen LogP contribution is 2.36. The van der Waals surface area contributed by atoms with Gasteiger partial charge in [-0.15, -0.1) is 0 Å². The molecular weight excluding hydrogens is 646 g/mol. The lowest BCUT2D eigenvalue weighted by Gasteiger charge is -2.28. The summed E-state index contributed by atoms with van der Waals surface area (Å²) < 4.78 is 19.0. The van der Waals surface area contributed by atoms with E-state index in [0.29, 0.717) is 29.4 Å². The third-order valence-electron chi connectivity index (χ3n) is 8.26. The van der Waals surface area contributed by atoms with E-state index in [1.54, 1.807) is 31.3 Å². The van der Waals surface area contributed by atoms with E-state index in [1.807, 2.05) is 61.5 Å². The summed E-state index contributed by atoms with van der Waals surface area (Å²) in [4.78, 5) is 24.8. The highest BCUT2D eigenvalue weighted by atomic mass is 16.5. The molecule has 4 N–H and O–H groups in total. The summed E-state index contributed by atoms with van der Waals surface area (Å²) >= 11 is 0. The number of nitrogens with one attached hydrogen (secondary N) is 3. The van der Waals surface area contributed by atoms with Crippen LogP contribution in [-0.2, 0) is 9.53 Å². The largest absolute Gasteiger partial charge is 0.490 e. The zero-order valence-corrected chi connectivity index (χ0v) is 28.5. The zero-order valence-electron chi connectivity index (χ0n) is 28.5. The summed E-state index contributed by atoms with van der Waals surface area (Å²) in [5, 5.41) is 20.6. The first kappa shape index (κ1) is 34.5. The van der Waals surface area contributed by atoms with Gasteiger partial charge in [-0.05, 0) is 60.9 Å². The Morgan fingerprint density at radius 1 is 0.922 bits per heavy atom. The number of esters is 1. The monoisotopic (exact) mass is 685 g/mol. The lowest BCUT2D eigenvalue weighted by atomic mass is 9.95. The van der Waals surface area contributed by atoms with Crippen LogP contribution >= 0.6 is 0 Å². The number of aliphatic hydroxyl groups excluding tert-OH is 1. The second-order valence-corrected chi connectivity index (χ2v) is 11.7. The number of hydrazone groups is 1. The van der Waals surface area contributed by atoms with Crippen LogP contribution in [0.1, 0.15) is 31.0 Å². The number of rotatable bonds is 13. The molecule has 2 atom stereocenters. The fourth-order valence-corrected chi connectivity index (χ4v) is 6.00. The predicted molar refractivity (Wildman–Crippen MR) is 196 cm³/mol. The van der Waals surface area contributed by atoms with Crippen LogP contribution in [-0.4, -0.2) is 54.4 Å². The Labute approximate surface area is 296 Å². The molecule has 0 bridgehead atoms. The van der Waals surface area contributed by atoms with Gasteiger partial charge < -0.3 is 34.5 Å². The van der Waals surface area contributed by atoms with Crippen LogP contribution in [0.15, 0.2) is 132 Å². The summed E-state index contributed by atoms with van der Waals surface area (Å²) in [6.45, 7) is 3.65. The Morgan fingerprint density at radius 3 is 2.25 bits per heavy atom. The smallest absolute Gasteiger partial charge is 0.337 e. The van der Waals surface area contributed by atoms with E-state index in [-0.39, 0.29) is 12.2 Å². The number of hydrogen-bond donors (Lipinski definition) is 4. The second kappa shape index (κ2) is 15.9. The van der Waals surface area contributed by atoms with Crippen molar-refractivity contribution in [3.05, 3.63) is 138 Å². The molecule has 11 heteroatoms. The SMILES string of the molecule is CCOc1cc([C@@H]2NC(=O)NC(C)=C2C(=O)OC)ccc1OC[C@H](O)N/N=C/c1cc(-c2ccccc2)n(-c2ccccc2)c1-c1ccccc1. The molecule has 0 fully saturated rings. The van der Waals surface area contributed by atoms with Crippen molar-refractivity contribution in [2.75, 3.05) is 20.3 Å². The average molecular weight is 686 g/mol. The Balaban J connectivity index is 1.23. The zero-order chi connectivity index (χ0) is 35.7. The molecule has 2 heterocycles. The molecule has 11 nitrogen and oxygen atoms in total. The van der Waals surface area contributed by atoms with Crippen molar-refractivity contribution < 1.29 is 28.9 Å². The van der Waals surface area contributed by atoms with E-state index in [4.69, 9.17) is 14.2 Å². The van der Waals surface area contributed by atoms with Crippen molar-refractivity contribution in [3.8, 4) is 39.7 Å². The molecule has 1 aromatic heterocycles. The fourth-order valence-electron chi connectivity index (χ4n) is 6.00. The van der Waals surface area contributed by atoms with E-state index in [1.165, 1.54) is 7.11 Å². The third kappa shape index (κ3) is 7.79. The number of amides is 2. The number of nitrogens with zero attached hydrogens (tertiary/aromatic N) is 2. The van der Waals surface area contributed by atoms with E-state index in [0.717, 1.165) is 33.8 Å². The van der Waals surface area contributed by atoms with Gasteiger partial charge >= 0.3 is 12.0 Å². The van der Waals surface area contributed by atoms with E-state index in [2.05, 4.69) is 68.2 Å². The molecule has 2 amide bonds. The topological polar surface area (TPSA) is 135 Å². The molecule has 6 rings (SSSR count). The van der Waals surface area contributed by atoms with Gasteiger partial charge in [0.05, 0.1) is 42.9 Å².